The maximum Gasteiger partial charge on any atom is 0.326 e. The van der Waals surface area contributed by atoms with Gasteiger partial charge in [-0.05, 0) is 11.8 Å². The number of benzene rings is 1. The van der Waals surface area contributed by atoms with Gasteiger partial charge in [-0.25, -0.2) is 13.6 Å². The minimum Gasteiger partial charge on any atom is -0.480 e. The van der Waals surface area contributed by atoms with Crippen LogP contribution < -0.4 is 5.32 Å². The fraction of sp³-hybridized carbons (Fsp3) is 0.385. The lowest BCUT2D eigenvalue weighted by Gasteiger charge is -2.15. The van der Waals surface area contributed by atoms with E-state index in [1.54, 1.807) is 6.92 Å². The van der Waals surface area contributed by atoms with Gasteiger partial charge in [-0.3, -0.25) is 14.9 Å². The van der Waals surface area contributed by atoms with Crippen LogP contribution in [0.2, 0.25) is 0 Å². The number of halogens is 2. The summed E-state index contributed by atoms with van der Waals surface area (Å²) in [5, 5.41) is 21.6. The molecule has 0 saturated carbocycles. The molecule has 0 aromatic heterocycles. The second kappa shape index (κ2) is 8.42. The van der Waals surface area contributed by atoms with Crippen LogP contribution in [-0.2, 0) is 4.79 Å². The summed E-state index contributed by atoms with van der Waals surface area (Å²) in [6, 6.07) is 1.79. The highest BCUT2D eigenvalue weighted by Crippen LogP contribution is 2.26. The molecule has 2 N–H and O–H groups in total. The maximum absolute atomic E-state index is 12.4. The van der Waals surface area contributed by atoms with Gasteiger partial charge in [-0.2, -0.15) is 0 Å². The SMILES string of the molecule is CCSc1ccc([N+](=O)[O-])cc1C(=O)NC(CC(F)F)C(=O)O. The summed E-state index contributed by atoms with van der Waals surface area (Å²) in [6.45, 7) is 1.80. The van der Waals surface area contributed by atoms with Gasteiger partial charge < -0.3 is 10.4 Å². The average molecular weight is 348 g/mol. The number of hydrogen-bond donors (Lipinski definition) is 2. The molecule has 1 unspecified atom stereocenters. The fourth-order valence-corrected chi connectivity index (χ4v) is 2.51. The summed E-state index contributed by atoms with van der Waals surface area (Å²) in [6.07, 6.45) is -3.96. The normalized spacial score (nSPS) is 12.0. The zero-order valence-electron chi connectivity index (χ0n) is 12.0. The molecule has 0 radical (unpaired) electrons. The number of thioether (sulfide) groups is 1. The van der Waals surface area contributed by atoms with Crippen LogP contribution in [0.1, 0.15) is 23.7 Å². The molecule has 0 bridgehead atoms. The van der Waals surface area contributed by atoms with Gasteiger partial charge in [0.1, 0.15) is 6.04 Å². The Morgan fingerprint density at radius 1 is 1.43 bits per heavy atom. The first-order chi connectivity index (χ1) is 10.8. The molecule has 1 amide bonds. The summed E-state index contributed by atoms with van der Waals surface area (Å²) in [4.78, 5) is 33.6. The number of non-ortho nitro benzene ring substituents is 1. The first-order valence-electron chi connectivity index (χ1n) is 6.49. The van der Waals surface area contributed by atoms with Crippen LogP contribution in [0.15, 0.2) is 23.1 Å². The van der Waals surface area contributed by atoms with E-state index in [1.807, 2.05) is 5.32 Å². The molecular formula is C13H14F2N2O5S. The van der Waals surface area contributed by atoms with E-state index >= 15 is 0 Å². The number of nitro groups is 1. The van der Waals surface area contributed by atoms with E-state index in [1.165, 1.54) is 23.9 Å². The van der Waals surface area contributed by atoms with Gasteiger partial charge >= 0.3 is 5.97 Å². The third kappa shape index (κ3) is 5.47. The lowest BCUT2D eigenvalue weighted by molar-refractivity contribution is -0.384. The van der Waals surface area contributed by atoms with E-state index in [0.29, 0.717) is 10.6 Å². The van der Waals surface area contributed by atoms with Crippen LogP contribution >= 0.6 is 11.8 Å². The van der Waals surface area contributed by atoms with Crippen LogP contribution in [0.4, 0.5) is 14.5 Å². The molecule has 126 valence electrons. The van der Waals surface area contributed by atoms with Crippen molar-refractivity contribution in [3.63, 3.8) is 0 Å². The Kier molecular flexibility index (Phi) is 6.89. The predicted octanol–water partition coefficient (Wildman–Crippen LogP) is 2.54. The topological polar surface area (TPSA) is 110 Å². The second-order valence-electron chi connectivity index (χ2n) is 4.36. The predicted molar refractivity (Wildman–Crippen MR) is 79.0 cm³/mol. The number of rotatable bonds is 8. The minimum absolute atomic E-state index is 0.119. The van der Waals surface area contributed by atoms with Crippen LogP contribution in [0.5, 0.6) is 0 Å². The maximum atomic E-state index is 12.4. The van der Waals surface area contributed by atoms with E-state index < -0.39 is 35.7 Å². The van der Waals surface area contributed by atoms with Gasteiger partial charge in [0.2, 0.25) is 6.43 Å². The van der Waals surface area contributed by atoms with Crippen molar-refractivity contribution in [2.45, 2.75) is 30.7 Å². The summed E-state index contributed by atoms with van der Waals surface area (Å²) in [5.41, 5.74) is -0.470. The minimum atomic E-state index is -2.91. The molecule has 23 heavy (non-hydrogen) atoms. The summed E-state index contributed by atoms with van der Waals surface area (Å²) in [7, 11) is 0. The second-order valence-corrected chi connectivity index (χ2v) is 5.67. The number of nitro benzene ring substituents is 1. The van der Waals surface area contributed by atoms with E-state index in [4.69, 9.17) is 5.11 Å². The first-order valence-corrected chi connectivity index (χ1v) is 7.47. The molecular weight excluding hydrogens is 334 g/mol. The quantitative estimate of drug-likeness (QED) is 0.424. The van der Waals surface area contributed by atoms with E-state index in [-0.39, 0.29) is 11.3 Å². The lowest BCUT2D eigenvalue weighted by atomic mass is 10.1. The highest BCUT2D eigenvalue weighted by Gasteiger charge is 2.26. The number of carboxylic acids is 1. The Hall–Kier alpha value is -2.23. The lowest BCUT2D eigenvalue weighted by Crippen LogP contribution is -2.42. The van der Waals surface area contributed by atoms with Crippen molar-refractivity contribution in [1.82, 2.24) is 5.32 Å². The first kappa shape index (κ1) is 18.8. The monoisotopic (exact) mass is 348 g/mol. The average Bonchev–Trinajstić information content (AvgIpc) is 2.46. The van der Waals surface area contributed by atoms with Crippen LogP contribution in [0.25, 0.3) is 0 Å². The van der Waals surface area contributed by atoms with Gasteiger partial charge in [-0.1, -0.05) is 6.92 Å². The molecule has 1 rings (SSSR count). The number of hydrogen-bond acceptors (Lipinski definition) is 5. The number of carbonyl (C=O) groups excluding carboxylic acids is 1. The highest BCUT2D eigenvalue weighted by molar-refractivity contribution is 7.99. The number of amides is 1. The molecule has 0 aliphatic heterocycles. The van der Waals surface area contributed by atoms with E-state index in [9.17, 15) is 28.5 Å². The van der Waals surface area contributed by atoms with Crippen LogP contribution in [-0.4, -0.2) is 40.1 Å². The Balaban J connectivity index is 3.10. The Bertz CT molecular complexity index is 612. The van der Waals surface area contributed by atoms with E-state index in [2.05, 4.69) is 0 Å². The van der Waals surface area contributed by atoms with Crippen LogP contribution in [0, 0.1) is 10.1 Å². The number of nitrogens with one attached hydrogen (secondary N) is 1. The third-order valence-corrected chi connectivity index (χ3v) is 3.69. The number of aliphatic carboxylic acids is 1. The smallest absolute Gasteiger partial charge is 0.326 e. The molecule has 0 spiro atoms. The van der Waals surface area contributed by atoms with Gasteiger partial charge in [0.15, 0.2) is 0 Å². The standard InChI is InChI=1S/C13H14F2N2O5S/c1-2-23-10-4-3-7(17(21)22)5-8(10)12(18)16-9(13(19)20)6-11(14)15/h3-5,9,11H,2,6H2,1H3,(H,16,18)(H,19,20). The molecule has 0 aliphatic rings. The van der Waals surface area contributed by atoms with Crippen molar-refractivity contribution in [3.05, 3.63) is 33.9 Å². The van der Waals surface area contributed by atoms with Gasteiger partial charge in [0, 0.05) is 23.4 Å². The van der Waals surface area contributed by atoms with Gasteiger partial charge in [0.05, 0.1) is 10.5 Å². The molecule has 0 aliphatic carbocycles. The molecule has 1 atom stereocenters. The molecule has 0 fully saturated rings. The van der Waals surface area contributed by atoms with Crippen molar-refractivity contribution in [2.75, 3.05) is 5.75 Å². The van der Waals surface area contributed by atoms with Crippen molar-refractivity contribution in [3.8, 4) is 0 Å². The highest BCUT2D eigenvalue weighted by atomic mass is 32.2. The number of carbonyl (C=O) groups is 2. The molecule has 0 saturated heterocycles. The van der Waals surface area contributed by atoms with E-state index in [0.717, 1.165) is 6.07 Å². The summed E-state index contributed by atoms with van der Waals surface area (Å²) in [5.74, 6) is -1.98. The molecule has 10 heteroatoms. The molecule has 1 aromatic rings. The van der Waals surface area contributed by atoms with Crippen LogP contribution in [0.3, 0.4) is 0 Å². The zero-order valence-corrected chi connectivity index (χ0v) is 12.8. The zero-order chi connectivity index (χ0) is 17.6. The van der Waals surface area contributed by atoms with Crippen molar-refractivity contribution in [2.24, 2.45) is 0 Å². The molecule has 0 heterocycles. The largest absolute Gasteiger partial charge is 0.480 e. The van der Waals surface area contributed by atoms with Crippen molar-refractivity contribution < 1.29 is 28.4 Å². The molecule has 1 aromatic carbocycles. The van der Waals surface area contributed by atoms with Crippen molar-refractivity contribution in [1.29, 1.82) is 0 Å². The Morgan fingerprint density at radius 2 is 2.09 bits per heavy atom. The Labute approximate surface area is 134 Å². The van der Waals surface area contributed by atoms with Crippen molar-refractivity contribution >= 4 is 29.3 Å². The van der Waals surface area contributed by atoms with Gasteiger partial charge in [-0.15, -0.1) is 11.8 Å². The molecule has 7 nitrogen and oxygen atoms in total. The van der Waals surface area contributed by atoms with Gasteiger partial charge in [0.25, 0.3) is 11.6 Å². The fourth-order valence-electron chi connectivity index (χ4n) is 1.73. The Morgan fingerprint density at radius 3 is 2.57 bits per heavy atom. The number of carboxylic acid groups (broad SMARTS) is 1. The number of alkyl halides is 2. The summed E-state index contributed by atoms with van der Waals surface area (Å²) < 4.78 is 24.7. The third-order valence-electron chi connectivity index (χ3n) is 2.74. The number of nitrogens with zero attached hydrogens (tertiary/aromatic N) is 1. The summed E-state index contributed by atoms with van der Waals surface area (Å²) >= 11 is 1.22.